The summed E-state index contributed by atoms with van der Waals surface area (Å²) in [5.41, 5.74) is 1.63. The topological polar surface area (TPSA) is 72.3 Å². The molecule has 162 valence electrons. The molecule has 1 aliphatic rings. The van der Waals surface area contributed by atoms with Crippen molar-refractivity contribution in [3.8, 4) is 5.75 Å². The molecule has 3 heterocycles. The normalized spacial score (nSPS) is 15.3. The number of ether oxygens (including phenoxy) is 1. The lowest BCUT2D eigenvalue weighted by Gasteiger charge is -2.30. The molecule has 1 aromatic carbocycles. The molecule has 0 unspecified atom stereocenters. The molecule has 3 aromatic rings. The summed E-state index contributed by atoms with van der Waals surface area (Å²) in [4.78, 5) is 23.4. The number of piperidine rings is 1. The van der Waals surface area contributed by atoms with Crippen molar-refractivity contribution in [1.82, 2.24) is 19.4 Å². The van der Waals surface area contributed by atoms with E-state index in [4.69, 9.17) is 0 Å². The average molecular weight is 431 g/mol. The molecule has 0 bridgehead atoms. The Kier molecular flexibility index (Phi) is 5.51. The Morgan fingerprint density at radius 1 is 1.19 bits per heavy atom. The maximum absolute atomic E-state index is 13.0. The van der Waals surface area contributed by atoms with Gasteiger partial charge in [0.2, 0.25) is 0 Å². The zero-order chi connectivity index (χ0) is 22.2. The van der Waals surface area contributed by atoms with Crippen LogP contribution in [0.15, 0.2) is 36.7 Å². The highest BCUT2D eigenvalue weighted by Crippen LogP contribution is 2.29. The van der Waals surface area contributed by atoms with E-state index in [1.165, 1.54) is 30.6 Å². The van der Waals surface area contributed by atoms with Crippen LogP contribution in [0.25, 0.3) is 11.0 Å². The molecule has 7 nitrogen and oxygen atoms in total. The lowest BCUT2D eigenvalue weighted by Crippen LogP contribution is -2.38. The number of carbonyl (C=O) groups excluding carboxylic acids is 1. The van der Waals surface area contributed by atoms with E-state index < -0.39 is 6.36 Å². The third kappa shape index (κ3) is 4.60. The minimum Gasteiger partial charge on any atom is -0.406 e. The Balaban J connectivity index is 1.58. The van der Waals surface area contributed by atoms with Crippen molar-refractivity contribution in [2.45, 2.75) is 25.0 Å². The van der Waals surface area contributed by atoms with Crippen LogP contribution in [0.4, 0.5) is 24.7 Å². The second-order valence-corrected chi connectivity index (χ2v) is 7.72. The first kappa shape index (κ1) is 21.0. The van der Waals surface area contributed by atoms with Gasteiger partial charge in [-0.25, -0.2) is 9.97 Å². The van der Waals surface area contributed by atoms with E-state index in [9.17, 15) is 18.0 Å². The lowest BCUT2D eigenvalue weighted by molar-refractivity contribution is -0.274. The maximum atomic E-state index is 13.0. The zero-order valence-electron chi connectivity index (χ0n) is 17.1. The fraction of sp³-hybridized carbons (Fsp3) is 0.350. The van der Waals surface area contributed by atoms with Crippen molar-refractivity contribution in [2.24, 2.45) is 7.05 Å². The van der Waals surface area contributed by atoms with E-state index in [1.54, 1.807) is 17.7 Å². The van der Waals surface area contributed by atoms with Crippen molar-refractivity contribution in [1.29, 1.82) is 0 Å². The molecule has 4 rings (SSSR count). The number of benzene rings is 1. The van der Waals surface area contributed by atoms with Crippen LogP contribution in [0.1, 0.15) is 23.3 Å². The van der Waals surface area contributed by atoms with Gasteiger partial charge in [-0.05, 0) is 43.2 Å². The van der Waals surface area contributed by atoms with E-state index in [-0.39, 0.29) is 11.7 Å². The number of nitrogens with zero attached hydrogens (tertiary/aromatic N) is 4. The SMILES string of the molecule is BC1CCN(C(=O)c2cc3c(Nc4ccc(OC(F)(F)F)cc4)ncnc3n2C)CC1. The first-order valence-electron chi connectivity index (χ1n) is 9.94. The molecule has 1 aliphatic heterocycles. The predicted molar refractivity (Wildman–Crippen MR) is 112 cm³/mol. The average Bonchev–Trinajstić information content (AvgIpc) is 3.06. The van der Waals surface area contributed by atoms with Crippen LogP contribution in [-0.2, 0) is 7.05 Å². The molecular formula is C20H21BF3N5O2. The number of aryl methyl sites for hydroxylation is 1. The first-order valence-corrected chi connectivity index (χ1v) is 9.94. The van der Waals surface area contributed by atoms with Crippen LogP contribution < -0.4 is 10.1 Å². The molecule has 0 spiro atoms. The number of fused-ring (bicyclic) bond motifs is 1. The van der Waals surface area contributed by atoms with E-state index in [1.807, 2.05) is 4.90 Å². The summed E-state index contributed by atoms with van der Waals surface area (Å²) in [5.74, 6) is 0.712. The molecule has 1 amide bonds. The van der Waals surface area contributed by atoms with Crippen molar-refractivity contribution in [3.05, 3.63) is 42.4 Å². The second-order valence-electron chi connectivity index (χ2n) is 7.72. The van der Waals surface area contributed by atoms with Gasteiger partial charge < -0.3 is 19.5 Å². The predicted octanol–water partition coefficient (Wildman–Crippen LogP) is 3.27. The number of alkyl halides is 3. The van der Waals surface area contributed by atoms with Gasteiger partial charge in [-0.2, -0.15) is 0 Å². The highest BCUT2D eigenvalue weighted by molar-refractivity contribution is 6.11. The van der Waals surface area contributed by atoms with Crippen LogP contribution in [0.5, 0.6) is 5.75 Å². The Morgan fingerprint density at radius 2 is 1.87 bits per heavy atom. The van der Waals surface area contributed by atoms with Gasteiger partial charge in [-0.3, -0.25) is 4.79 Å². The summed E-state index contributed by atoms with van der Waals surface area (Å²) in [7, 11) is 3.97. The summed E-state index contributed by atoms with van der Waals surface area (Å²) < 4.78 is 42.6. The number of aromatic nitrogens is 3. The maximum Gasteiger partial charge on any atom is 0.573 e. The summed E-state index contributed by atoms with van der Waals surface area (Å²) in [5, 5.41) is 3.72. The molecule has 1 fully saturated rings. The third-order valence-corrected chi connectivity index (χ3v) is 5.46. The van der Waals surface area contributed by atoms with Crippen LogP contribution in [-0.4, -0.2) is 52.6 Å². The molecular weight excluding hydrogens is 410 g/mol. The number of hydrogen-bond donors (Lipinski definition) is 1. The van der Waals surface area contributed by atoms with E-state index in [0.717, 1.165) is 25.9 Å². The fourth-order valence-electron chi connectivity index (χ4n) is 3.69. The Hall–Kier alpha value is -3.24. The van der Waals surface area contributed by atoms with E-state index in [2.05, 4.69) is 27.9 Å². The Bertz CT molecular complexity index is 1090. The fourth-order valence-corrected chi connectivity index (χ4v) is 3.69. The molecule has 0 atom stereocenters. The molecule has 31 heavy (non-hydrogen) atoms. The molecule has 0 radical (unpaired) electrons. The summed E-state index contributed by atoms with van der Waals surface area (Å²) in [6.45, 7) is 1.45. The van der Waals surface area contributed by atoms with Gasteiger partial charge in [0, 0.05) is 25.8 Å². The van der Waals surface area contributed by atoms with Gasteiger partial charge in [0.15, 0.2) is 0 Å². The number of carbonyl (C=O) groups is 1. The van der Waals surface area contributed by atoms with E-state index >= 15 is 0 Å². The standard InChI is InChI=1S/C20H21BF3N5O2/c1-28-16(19(30)29-8-6-12(21)7-9-29)10-15-17(25-11-26-18(15)28)27-13-2-4-14(5-3-13)31-20(22,23)24/h2-5,10-12H,6-9,21H2,1H3,(H,25,26,27). The minimum absolute atomic E-state index is 0.0491. The molecule has 0 aliphatic carbocycles. The number of amides is 1. The first-order chi connectivity index (χ1) is 14.7. The minimum atomic E-state index is -4.74. The van der Waals surface area contributed by atoms with Gasteiger partial charge in [0.25, 0.3) is 5.91 Å². The van der Waals surface area contributed by atoms with Crippen molar-refractivity contribution >= 4 is 36.3 Å². The number of nitrogens with one attached hydrogen (secondary N) is 1. The molecule has 1 saturated heterocycles. The number of halogens is 3. The van der Waals surface area contributed by atoms with E-state index in [0.29, 0.717) is 34.0 Å². The summed E-state index contributed by atoms with van der Waals surface area (Å²) in [6.07, 6.45) is -1.40. The summed E-state index contributed by atoms with van der Waals surface area (Å²) >= 11 is 0. The van der Waals surface area contributed by atoms with Crippen molar-refractivity contribution in [3.63, 3.8) is 0 Å². The molecule has 2 aromatic heterocycles. The van der Waals surface area contributed by atoms with Crippen LogP contribution in [0.2, 0.25) is 5.82 Å². The number of hydrogen-bond acceptors (Lipinski definition) is 5. The lowest BCUT2D eigenvalue weighted by atomic mass is 9.79. The van der Waals surface area contributed by atoms with Gasteiger partial charge in [0.05, 0.1) is 5.39 Å². The Morgan fingerprint density at radius 3 is 2.52 bits per heavy atom. The number of anilines is 2. The molecule has 0 saturated carbocycles. The quantitative estimate of drug-likeness (QED) is 0.643. The highest BCUT2D eigenvalue weighted by atomic mass is 19.4. The van der Waals surface area contributed by atoms with Crippen LogP contribution in [0, 0.1) is 0 Å². The monoisotopic (exact) mass is 431 g/mol. The molecule has 1 N–H and O–H groups in total. The summed E-state index contributed by atoms with van der Waals surface area (Å²) in [6, 6.07) is 7.09. The van der Waals surface area contributed by atoms with Crippen molar-refractivity contribution in [2.75, 3.05) is 18.4 Å². The molecule has 11 heteroatoms. The van der Waals surface area contributed by atoms with Gasteiger partial charge in [-0.15, -0.1) is 13.2 Å². The van der Waals surface area contributed by atoms with Crippen molar-refractivity contribution < 1.29 is 22.7 Å². The smallest absolute Gasteiger partial charge is 0.406 e. The number of rotatable bonds is 4. The van der Waals surface area contributed by atoms with Crippen LogP contribution >= 0.6 is 0 Å². The van der Waals surface area contributed by atoms with Gasteiger partial charge in [-0.1, -0.05) is 5.82 Å². The van der Waals surface area contributed by atoms with Crippen LogP contribution in [0.3, 0.4) is 0 Å². The zero-order valence-corrected chi connectivity index (χ0v) is 17.1. The number of likely N-dealkylation sites (tertiary alicyclic amines) is 1. The highest BCUT2D eigenvalue weighted by Gasteiger charge is 2.31. The largest absolute Gasteiger partial charge is 0.573 e. The second kappa shape index (κ2) is 8.12. The Labute approximate surface area is 177 Å². The third-order valence-electron chi connectivity index (χ3n) is 5.46. The van der Waals surface area contributed by atoms with Gasteiger partial charge >= 0.3 is 6.36 Å². The van der Waals surface area contributed by atoms with Gasteiger partial charge in [0.1, 0.15) is 37.1 Å².